The fourth-order valence-corrected chi connectivity index (χ4v) is 3.31. The highest BCUT2D eigenvalue weighted by atomic mass is 35.5. The third kappa shape index (κ3) is 4.62. The van der Waals surface area contributed by atoms with Gasteiger partial charge in [-0.05, 0) is 55.7 Å². The van der Waals surface area contributed by atoms with Crippen molar-refractivity contribution in [1.29, 1.82) is 0 Å². The molecule has 0 fully saturated rings. The molecular formula is C19H16Cl2F3NO2. The van der Waals surface area contributed by atoms with E-state index in [4.69, 9.17) is 28.3 Å². The summed E-state index contributed by atoms with van der Waals surface area (Å²) < 4.78 is 39.4. The molecule has 3 nitrogen and oxygen atoms in total. The van der Waals surface area contributed by atoms with Gasteiger partial charge in [0.25, 0.3) is 0 Å². The standard InChI is InChI=1S/C19H16Cl2F3NO2/c1-9-4-6-14(19(22,23)24)11(3)17(9)25-10(2)8-13-15(20)7-5-12(16(13)21)18(26)27/h4-7H,8H2,1-3H3,(H,26,27). The zero-order valence-corrected chi connectivity index (χ0v) is 16.2. The van der Waals surface area contributed by atoms with Gasteiger partial charge in [0.15, 0.2) is 0 Å². The largest absolute Gasteiger partial charge is 0.478 e. The molecule has 0 aromatic heterocycles. The van der Waals surface area contributed by atoms with Gasteiger partial charge in [0.05, 0.1) is 21.8 Å². The highest BCUT2D eigenvalue weighted by molar-refractivity contribution is 6.38. The second kappa shape index (κ2) is 7.90. The van der Waals surface area contributed by atoms with E-state index in [1.165, 1.54) is 25.1 Å². The minimum absolute atomic E-state index is 0.0120. The molecule has 0 spiro atoms. The molecule has 2 aromatic rings. The first-order valence-corrected chi connectivity index (χ1v) is 8.60. The summed E-state index contributed by atoms with van der Waals surface area (Å²) in [5.74, 6) is -1.20. The molecule has 0 aliphatic rings. The molecular weight excluding hydrogens is 402 g/mol. The lowest BCUT2D eigenvalue weighted by Crippen LogP contribution is -2.08. The van der Waals surface area contributed by atoms with Crippen molar-refractivity contribution in [2.75, 3.05) is 0 Å². The van der Waals surface area contributed by atoms with E-state index in [1.807, 2.05) is 0 Å². The molecule has 0 atom stereocenters. The van der Waals surface area contributed by atoms with Gasteiger partial charge in [-0.2, -0.15) is 13.2 Å². The van der Waals surface area contributed by atoms with Gasteiger partial charge in [-0.3, -0.25) is 4.99 Å². The van der Waals surface area contributed by atoms with Crippen molar-refractivity contribution >= 4 is 40.6 Å². The molecule has 0 saturated heterocycles. The summed E-state index contributed by atoms with van der Waals surface area (Å²) in [6.45, 7) is 4.66. The number of aromatic carboxylic acids is 1. The summed E-state index contributed by atoms with van der Waals surface area (Å²) in [5, 5.41) is 9.41. The van der Waals surface area contributed by atoms with Gasteiger partial charge in [-0.1, -0.05) is 29.3 Å². The van der Waals surface area contributed by atoms with Crippen LogP contribution >= 0.6 is 23.2 Å². The summed E-state index contributed by atoms with van der Waals surface area (Å²) in [4.78, 5) is 15.6. The van der Waals surface area contributed by atoms with E-state index in [0.29, 0.717) is 16.8 Å². The molecule has 0 heterocycles. The predicted octanol–water partition coefficient (Wildman–Crippen LogP) is 6.66. The van der Waals surface area contributed by atoms with Crippen LogP contribution < -0.4 is 0 Å². The van der Waals surface area contributed by atoms with Crippen LogP contribution in [0.4, 0.5) is 18.9 Å². The molecule has 0 aliphatic heterocycles. The first-order chi connectivity index (χ1) is 12.4. The maximum atomic E-state index is 13.1. The van der Waals surface area contributed by atoms with E-state index in [1.54, 1.807) is 13.8 Å². The van der Waals surface area contributed by atoms with Gasteiger partial charge in [0, 0.05) is 17.2 Å². The fourth-order valence-electron chi connectivity index (χ4n) is 2.73. The normalized spacial score (nSPS) is 12.4. The number of halogens is 5. The van der Waals surface area contributed by atoms with Crippen LogP contribution in [0.1, 0.15) is 39.5 Å². The summed E-state index contributed by atoms with van der Waals surface area (Å²) in [7, 11) is 0. The van der Waals surface area contributed by atoms with Gasteiger partial charge in [0.1, 0.15) is 0 Å². The SMILES string of the molecule is CC(Cc1c(Cl)ccc(C(=O)O)c1Cl)=Nc1c(C)ccc(C(F)(F)F)c1C. The Morgan fingerprint density at radius 3 is 2.33 bits per heavy atom. The number of carbonyl (C=O) groups is 1. The van der Waals surface area contributed by atoms with E-state index >= 15 is 0 Å². The van der Waals surface area contributed by atoms with Crippen LogP contribution in [0.25, 0.3) is 0 Å². The number of aryl methyl sites for hydroxylation is 1. The number of hydrogen-bond donors (Lipinski definition) is 1. The Hall–Kier alpha value is -2.05. The summed E-state index contributed by atoms with van der Waals surface area (Å²) in [6, 6.07) is 5.11. The van der Waals surface area contributed by atoms with Crippen LogP contribution in [-0.2, 0) is 12.6 Å². The van der Waals surface area contributed by atoms with Crippen molar-refractivity contribution in [3.8, 4) is 0 Å². The van der Waals surface area contributed by atoms with Crippen molar-refractivity contribution in [3.63, 3.8) is 0 Å². The highest BCUT2D eigenvalue weighted by Gasteiger charge is 2.33. The van der Waals surface area contributed by atoms with E-state index in [0.717, 1.165) is 6.07 Å². The minimum Gasteiger partial charge on any atom is -0.478 e. The molecule has 144 valence electrons. The molecule has 0 unspecified atom stereocenters. The van der Waals surface area contributed by atoms with E-state index in [9.17, 15) is 18.0 Å². The molecule has 0 saturated carbocycles. The van der Waals surface area contributed by atoms with Gasteiger partial charge in [-0.15, -0.1) is 0 Å². The third-order valence-electron chi connectivity index (χ3n) is 4.09. The lowest BCUT2D eigenvalue weighted by atomic mass is 10.0. The van der Waals surface area contributed by atoms with Crippen LogP contribution in [0, 0.1) is 13.8 Å². The van der Waals surface area contributed by atoms with E-state index in [2.05, 4.69) is 4.99 Å². The number of hydrogen-bond acceptors (Lipinski definition) is 2. The molecule has 0 aliphatic carbocycles. The lowest BCUT2D eigenvalue weighted by Gasteiger charge is -2.15. The first kappa shape index (κ1) is 21.3. The van der Waals surface area contributed by atoms with Crippen molar-refractivity contribution < 1.29 is 23.1 Å². The van der Waals surface area contributed by atoms with Crippen molar-refractivity contribution in [3.05, 3.63) is 62.1 Å². The number of carboxylic acids is 1. The zero-order valence-electron chi connectivity index (χ0n) is 14.7. The number of aliphatic imine (C=N–C) groups is 1. The Morgan fingerprint density at radius 2 is 1.78 bits per heavy atom. The summed E-state index contributed by atoms with van der Waals surface area (Å²) in [5.41, 5.74) is 0.811. The van der Waals surface area contributed by atoms with Crippen LogP contribution in [0.5, 0.6) is 0 Å². The Bertz CT molecular complexity index is 938. The fraction of sp³-hybridized carbons (Fsp3) is 0.263. The van der Waals surface area contributed by atoms with Crippen LogP contribution in [0.15, 0.2) is 29.3 Å². The summed E-state index contributed by atoms with van der Waals surface area (Å²) >= 11 is 12.3. The first-order valence-electron chi connectivity index (χ1n) is 7.85. The molecule has 1 N–H and O–H groups in total. The quantitative estimate of drug-likeness (QED) is 0.565. The molecule has 8 heteroatoms. The number of alkyl halides is 3. The minimum atomic E-state index is -4.47. The van der Waals surface area contributed by atoms with Gasteiger partial charge in [0.2, 0.25) is 0 Å². The number of benzene rings is 2. The van der Waals surface area contributed by atoms with Crippen LogP contribution in [-0.4, -0.2) is 16.8 Å². The zero-order chi connectivity index (χ0) is 20.5. The van der Waals surface area contributed by atoms with Crippen LogP contribution in [0.2, 0.25) is 10.0 Å². The van der Waals surface area contributed by atoms with Crippen LogP contribution in [0.3, 0.4) is 0 Å². The maximum absolute atomic E-state index is 13.1. The topological polar surface area (TPSA) is 49.7 Å². The molecule has 2 rings (SSSR count). The van der Waals surface area contributed by atoms with E-state index in [-0.39, 0.29) is 33.3 Å². The number of rotatable bonds is 4. The van der Waals surface area contributed by atoms with Crippen molar-refractivity contribution in [1.82, 2.24) is 0 Å². The average molecular weight is 418 g/mol. The number of carboxylic acid groups (broad SMARTS) is 1. The molecule has 0 radical (unpaired) electrons. The van der Waals surface area contributed by atoms with Gasteiger partial charge in [-0.25, -0.2) is 4.79 Å². The second-order valence-electron chi connectivity index (χ2n) is 6.12. The lowest BCUT2D eigenvalue weighted by molar-refractivity contribution is -0.138. The molecule has 0 amide bonds. The predicted molar refractivity (Wildman–Crippen MR) is 101 cm³/mol. The smallest absolute Gasteiger partial charge is 0.416 e. The van der Waals surface area contributed by atoms with Crippen molar-refractivity contribution in [2.24, 2.45) is 4.99 Å². The monoisotopic (exact) mass is 417 g/mol. The van der Waals surface area contributed by atoms with E-state index < -0.39 is 17.7 Å². The highest BCUT2D eigenvalue weighted by Crippen LogP contribution is 2.37. The maximum Gasteiger partial charge on any atom is 0.416 e. The Morgan fingerprint density at radius 1 is 1.15 bits per heavy atom. The third-order valence-corrected chi connectivity index (χ3v) is 4.88. The van der Waals surface area contributed by atoms with Gasteiger partial charge >= 0.3 is 12.1 Å². The van der Waals surface area contributed by atoms with Gasteiger partial charge < -0.3 is 5.11 Å². The average Bonchev–Trinajstić information content (AvgIpc) is 2.53. The molecule has 27 heavy (non-hydrogen) atoms. The Balaban J connectivity index is 2.49. The number of nitrogens with zero attached hydrogens (tertiary/aromatic N) is 1. The molecule has 2 aromatic carbocycles. The Labute approximate surface area is 164 Å². The molecule has 0 bridgehead atoms. The second-order valence-corrected chi connectivity index (χ2v) is 6.90. The van der Waals surface area contributed by atoms with Crippen molar-refractivity contribution in [2.45, 2.75) is 33.4 Å². The summed E-state index contributed by atoms with van der Waals surface area (Å²) in [6.07, 6.45) is -4.37. The Kier molecular flexibility index (Phi) is 6.22.